The van der Waals surface area contributed by atoms with Crippen LogP contribution in [0.25, 0.3) is 22.4 Å². The molecule has 0 spiro atoms. The highest BCUT2D eigenvalue weighted by Crippen LogP contribution is 2.25. The van der Waals surface area contributed by atoms with Crippen molar-refractivity contribution >= 4 is 28.4 Å². The second-order valence-corrected chi connectivity index (χ2v) is 8.50. The lowest BCUT2D eigenvalue weighted by Gasteiger charge is -2.12. The van der Waals surface area contributed by atoms with Gasteiger partial charge >= 0.3 is 0 Å². The maximum absolute atomic E-state index is 13.4. The minimum absolute atomic E-state index is 0.154. The smallest absolute Gasteiger partial charge is 0.267 e. The van der Waals surface area contributed by atoms with Gasteiger partial charge in [0.25, 0.3) is 5.56 Å². The van der Waals surface area contributed by atoms with E-state index in [2.05, 4.69) is 10.2 Å². The van der Waals surface area contributed by atoms with Gasteiger partial charge in [0.05, 0.1) is 30.3 Å². The Kier molecular flexibility index (Phi) is 5.75. The highest BCUT2D eigenvalue weighted by Gasteiger charge is 2.18. The fourth-order valence-electron chi connectivity index (χ4n) is 3.76. The molecule has 8 heteroatoms. The van der Waals surface area contributed by atoms with Crippen molar-refractivity contribution < 1.29 is 9.47 Å². The van der Waals surface area contributed by atoms with Crippen molar-refractivity contribution in [1.82, 2.24) is 19.2 Å². The average molecular weight is 459 g/mol. The number of methoxy groups -OCH3 is 1. The third-order valence-corrected chi connectivity index (χ3v) is 6.27. The van der Waals surface area contributed by atoms with Crippen LogP contribution in [-0.2, 0) is 0 Å². The van der Waals surface area contributed by atoms with Crippen LogP contribution < -0.4 is 15.0 Å². The van der Waals surface area contributed by atoms with E-state index < -0.39 is 0 Å². The van der Waals surface area contributed by atoms with E-state index in [1.807, 2.05) is 84.1 Å². The Morgan fingerprint density at radius 1 is 0.970 bits per heavy atom. The molecular formula is C25H22N4O3S. The summed E-state index contributed by atoms with van der Waals surface area (Å²) in [7, 11) is 1.60. The number of para-hydroxylation sites is 2. The molecule has 7 nitrogen and oxygen atoms in total. The summed E-state index contributed by atoms with van der Waals surface area (Å²) in [5.74, 6) is 2.67. The number of benzene rings is 3. The van der Waals surface area contributed by atoms with Gasteiger partial charge in [-0.15, -0.1) is 10.2 Å². The molecule has 0 radical (unpaired) electrons. The second-order valence-electron chi connectivity index (χ2n) is 7.44. The number of hydrogen-bond acceptors (Lipinski definition) is 6. The van der Waals surface area contributed by atoms with Crippen molar-refractivity contribution in [3.63, 3.8) is 0 Å². The summed E-state index contributed by atoms with van der Waals surface area (Å²) in [6, 6.07) is 22.8. The van der Waals surface area contributed by atoms with Gasteiger partial charge in [0.2, 0.25) is 5.78 Å². The molecule has 0 unspecified atom stereocenters. The molecule has 0 aliphatic rings. The van der Waals surface area contributed by atoms with E-state index in [-0.39, 0.29) is 5.56 Å². The molecule has 0 atom stereocenters. The summed E-state index contributed by atoms with van der Waals surface area (Å²) in [4.78, 5) is 13.4. The Morgan fingerprint density at radius 3 is 2.64 bits per heavy atom. The van der Waals surface area contributed by atoms with Crippen molar-refractivity contribution in [2.75, 3.05) is 19.5 Å². The van der Waals surface area contributed by atoms with Crippen molar-refractivity contribution in [2.24, 2.45) is 0 Å². The summed E-state index contributed by atoms with van der Waals surface area (Å²) in [6.07, 6.45) is 0. The molecule has 0 aliphatic heterocycles. The molecule has 3 aromatic carbocycles. The van der Waals surface area contributed by atoms with E-state index in [0.717, 1.165) is 16.8 Å². The summed E-state index contributed by atoms with van der Waals surface area (Å²) in [6.45, 7) is 2.55. The van der Waals surface area contributed by atoms with E-state index in [9.17, 15) is 4.79 Å². The van der Waals surface area contributed by atoms with E-state index in [1.54, 1.807) is 11.7 Å². The number of ether oxygens (including phenoxy) is 2. The first kappa shape index (κ1) is 21.1. The van der Waals surface area contributed by atoms with Crippen LogP contribution in [0.3, 0.4) is 0 Å². The van der Waals surface area contributed by atoms with E-state index in [0.29, 0.717) is 40.1 Å². The monoisotopic (exact) mass is 458 g/mol. The lowest BCUT2D eigenvalue weighted by atomic mass is 10.2. The van der Waals surface area contributed by atoms with Gasteiger partial charge in [-0.3, -0.25) is 9.20 Å². The van der Waals surface area contributed by atoms with Crippen LogP contribution in [0.1, 0.15) is 5.56 Å². The quantitative estimate of drug-likeness (QED) is 0.264. The van der Waals surface area contributed by atoms with Crippen LogP contribution in [0, 0.1) is 6.92 Å². The molecule has 0 N–H and O–H groups in total. The molecule has 0 fully saturated rings. The predicted octanol–water partition coefficient (Wildman–Crippen LogP) is 4.52. The third kappa shape index (κ3) is 3.93. The number of aromatic nitrogens is 4. The van der Waals surface area contributed by atoms with Gasteiger partial charge in [0, 0.05) is 11.8 Å². The predicted molar refractivity (Wildman–Crippen MR) is 130 cm³/mol. The maximum Gasteiger partial charge on any atom is 0.267 e. The number of hydrogen-bond donors (Lipinski definition) is 0. The topological polar surface area (TPSA) is 70.7 Å². The first-order valence-corrected chi connectivity index (χ1v) is 11.5. The lowest BCUT2D eigenvalue weighted by Crippen LogP contribution is -2.21. The minimum Gasteiger partial charge on any atom is -0.497 e. The number of nitrogens with zero attached hydrogens (tertiary/aromatic N) is 4. The van der Waals surface area contributed by atoms with Crippen molar-refractivity contribution in [3.05, 3.63) is 88.7 Å². The van der Waals surface area contributed by atoms with Gasteiger partial charge in [-0.05, 0) is 42.8 Å². The Hall–Kier alpha value is -3.78. The standard InChI is InChI=1S/C25H22N4O3S/c1-17-8-3-6-13-22(17)32-14-15-33-25-27-26-24-28(18-9-7-10-19(16-18)31-2)23(30)20-11-4-5-12-21(20)29(24)25/h3-13,16H,14-15H2,1-2H3. The average Bonchev–Trinajstić information content (AvgIpc) is 3.27. The molecule has 2 aromatic heterocycles. The number of thioether (sulfide) groups is 1. The Labute approximate surface area is 194 Å². The van der Waals surface area contributed by atoms with Crippen LogP contribution in [0.15, 0.2) is 82.7 Å². The van der Waals surface area contributed by atoms with Gasteiger partial charge in [-0.25, -0.2) is 4.57 Å². The molecular weight excluding hydrogens is 436 g/mol. The second kappa shape index (κ2) is 8.99. The van der Waals surface area contributed by atoms with E-state index >= 15 is 0 Å². The van der Waals surface area contributed by atoms with Crippen LogP contribution >= 0.6 is 11.8 Å². The fourth-order valence-corrected chi connectivity index (χ4v) is 4.51. The lowest BCUT2D eigenvalue weighted by molar-refractivity contribution is 0.341. The Bertz CT molecular complexity index is 1510. The number of aryl methyl sites for hydroxylation is 1. The van der Waals surface area contributed by atoms with Gasteiger partial charge in [-0.1, -0.05) is 48.2 Å². The summed E-state index contributed by atoms with van der Waals surface area (Å²) < 4.78 is 14.8. The summed E-state index contributed by atoms with van der Waals surface area (Å²) >= 11 is 1.54. The largest absolute Gasteiger partial charge is 0.497 e. The zero-order valence-corrected chi connectivity index (χ0v) is 19.1. The summed E-state index contributed by atoms with van der Waals surface area (Å²) in [5, 5.41) is 10.1. The third-order valence-electron chi connectivity index (χ3n) is 5.37. The number of fused-ring (bicyclic) bond motifs is 3. The molecule has 2 heterocycles. The Balaban J connectivity index is 1.54. The fraction of sp³-hybridized carbons (Fsp3) is 0.160. The summed E-state index contributed by atoms with van der Waals surface area (Å²) in [5.41, 5.74) is 2.38. The number of rotatable bonds is 7. The van der Waals surface area contributed by atoms with E-state index in [4.69, 9.17) is 9.47 Å². The SMILES string of the molecule is COc1cccc(-n2c(=O)c3ccccc3n3c(SCCOc4ccccc4C)nnc23)c1. The van der Waals surface area contributed by atoms with Crippen LogP contribution in [0.2, 0.25) is 0 Å². The normalized spacial score (nSPS) is 11.2. The highest BCUT2D eigenvalue weighted by atomic mass is 32.2. The van der Waals surface area contributed by atoms with E-state index in [1.165, 1.54) is 11.8 Å². The zero-order valence-electron chi connectivity index (χ0n) is 18.3. The van der Waals surface area contributed by atoms with Crippen molar-refractivity contribution in [2.45, 2.75) is 12.1 Å². The highest BCUT2D eigenvalue weighted by molar-refractivity contribution is 7.99. The van der Waals surface area contributed by atoms with Gasteiger partial charge in [-0.2, -0.15) is 0 Å². The first-order valence-electron chi connectivity index (χ1n) is 10.5. The van der Waals surface area contributed by atoms with Crippen molar-refractivity contribution in [1.29, 1.82) is 0 Å². The van der Waals surface area contributed by atoms with Crippen LogP contribution in [0.5, 0.6) is 11.5 Å². The molecule has 33 heavy (non-hydrogen) atoms. The Morgan fingerprint density at radius 2 is 1.79 bits per heavy atom. The molecule has 0 saturated heterocycles. The van der Waals surface area contributed by atoms with Gasteiger partial charge in [0.1, 0.15) is 11.5 Å². The van der Waals surface area contributed by atoms with Crippen LogP contribution in [0.4, 0.5) is 0 Å². The molecule has 166 valence electrons. The first-order chi connectivity index (χ1) is 16.2. The molecule has 0 amide bonds. The van der Waals surface area contributed by atoms with Crippen LogP contribution in [-0.4, -0.2) is 38.6 Å². The van der Waals surface area contributed by atoms with Crippen molar-refractivity contribution in [3.8, 4) is 17.2 Å². The molecule has 5 aromatic rings. The molecule has 0 saturated carbocycles. The minimum atomic E-state index is -0.154. The molecule has 0 bridgehead atoms. The maximum atomic E-state index is 13.4. The molecule has 5 rings (SSSR count). The molecule has 0 aliphatic carbocycles. The van der Waals surface area contributed by atoms with Gasteiger partial charge in [0.15, 0.2) is 5.16 Å². The van der Waals surface area contributed by atoms with Gasteiger partial charge < -0.3 is 9.47 Å². The zero-order chi connectivity index (χ0) is 22.8.